The van der Waals surface area contributed by atoms with Crippen molar-refractivity contribution in [3.63, 3.8) is 0 Å². The molecule has 2 aromatic rings. The van der Waals surface area contributed by atoms with E-state index in [1.54, 1.807) is 30.3 Å². The molecule has 26 heavy (non-hydrogen) atoms. The van der Waals surface area contributed by atoms with E-state index in [1.807, 2.05) is 13.0 Å². The van der Waals surface area contributed by atoms with Crippen LogP contribution in [0.2, 0.25) is 0 Å². The Labute approximate surface area is 152 Å². The highest BCUT2D eigenvalue weighted by Gasteiger charge is 2.19. The Morgan fingerprint density at radius 1 is 1.27 bits per heavy atom. The number of rotatable bonds is 6. The van der Waals surface area contributed by atoms with Gasteiger partial charge in [0.25, 0.3) is 11.8 Å². The lowest BCUT2D eigenvalue weighted by molar-refractivity contribution is -0.118. The maximum Gasteiger partial charge on any atom is 0.268 e. The largest absolute Gasteiger partial charge is 0.465 e. The summed E-state index contributed by atoms with van der Waals surface area (Å²) in [5, 5.41) is 5.50. The van der Waals surface area contributed by atoms with Gasteiger partial charge in [-0.15, -0.1) is 0 Å². The van der Waals surface area contributed by atoms with E-state index in [2.05, 4.69) is 10.6 Å². The highest BCUT2D eigenvalue weighted by atomic mass is 16.5. The molecule has 0 bridgehead atoms. The molecule has 1 fully saturated rings. The van der Waals surface area contributed by atoms with E-state index in [4.69, 9.17) is 9.15 Å². The monoisotopic (exact) mass is 354 g/mol. The molecule has 0 spiro atoms. The fraction of sp³-hybridized carbons (Fsp3) is 0.300. The van der Waals surface area contributed by atoms with Crippen LogP contribution in [0, 0.1) is 6.92 Å². The fourth-order valence-corrected chi connectivity index (χ4v) is 2.76. The first-order chi connectivity index (χ1) is 12.6. The number of ether oxygens (including phenoxy) is 1. The molecule has 0 saturated carbocycles. The van der Waals surface area contributed by atoms with E-state index in [-0.39, 0.29) is 23.6 Å². The summed E-state index contributed by atoms with van der Waals surface area (Å²) >= 11 is 0. The van der Waals surface area contributed by atoms with Crippen molar-refractivity contribution in [3.05, 3.63) is 65.2 Å². The summed E-state index contributed by atoms with van der Waals surface area (Å²) in [7, 11) is 0. The van der Waals surface area contributed by atoms with Crippen molar-refractivity contribution in [1.82, 2.24) is 10.6 Å². The summed E-state index contributed by atoms with van der Waals surface area (Å²) in [6, 6.07) is 10.6. The third kappa shape index (κ3) is 4.83. The van der Waals surface area contributed by atoms with Gasteiger partial charge >= 0.3 is 0 Å². The molecule has 2 heterocycles. The number of furan rings is 1. The Bertz CT molecular complexity index is 790. The number of hydrogen-bond donors (Lipinski definition) is 2. The van der Waals surface area contributed by atoms with Crippen LogP contribution in [0.5, 0.6) is 0 Å². The Morgan fingerprint density at radius 2 is 2.15 bits per heavy atom. The minimum absolute atomic E-state index is 0.0243. The van der Waals surface area contributed by atoms with Crippen LogP contribution in [0.3, 0.4) is 0 Å². The second-order valence-electron chi connectivity index (χ2n) is 6.24. The lowest BCUT2D eigenvalue weighted by atomic mass is 10.1. The SMILES string of the molecule is Cc1cccc(C(=O)N/C(=C\c2ccco2)C(=O)NCC2CCCO2)c1. The van der Waals surface area contributed by atoms with E-state index in [0.717, 1.165) is 25.0 Å². The molecule has 136 valence electrons. The van der Waals surface area contributed by atoms with E-state index in [9.17, 15) is 9.59 Å². The molecule has 1 aliphatic rings. The number of nitrogens with one attached hydrogen (secondary N) is 2. The van der Waals surface area contributed by atoms with Gasteiger partial charge in [0.15, 0.2) is 0 Å². The zero-order chi connectivity index (χ0) is 18.4. The number of aryl methyl sites for hydroxylation is 1. The van der Waals surface area contributed by atoms with Crippen molar-refractivity contribution in [1.29, 1.82) is 0 Å². The molecule has 1 aromatic carbocycles. The molecular formula is C20H22N2O4. The van der Waals surface area contributed by atoms with Gasteiger partial charge in [-0.3, -0.25) is 9.59 Å². The minimum Gasteiger partial charge on any atom is -0.465 e. The molecule has 2 amide bonds. The van der Waals surface area contributed by atoms with Gasteiger partial charge in [0.2, 0.25) is 0 Å². The number of carbonyl (C=O) groups excluding carboxylic acids is 2. The molecule has 0 radical (unpaired) electrons. The Hall–Kier alpha value is -2.86. The van der Waals surface area contributed by atoms with Crippen LogP contribution < -0.4 is 10.6 Å². The zero-order valence-electron chi connectivity index (χ0n) is 14.7. The summed E-state index contributed by atoms with van der Waals surface area (Å²) in [5.41, 5.74) is 1.59. The Morgan fingerprint density at radius 3 is 2.85 bits per heavy atom. The maximum absolute atomic E-state index is 12.6. The van der Waals surface area contributed by atoms with Gasteiger partial charge in [-0.05, 0) is 44.0 Å². The second-order valence-corrected chi connectivity index (χ2v) is 6.24. The molecule has 2 N–H and O–H groups in total. The Balaban J connectivity index is 1.72. The van der Waals surface area contributed by atoms with Crippen LogP contribution in [-0.2, 0) is 9.53 Å². The standard InChI is InChI=1S/C20H22N2O4/c1-14-5-2-6-15(11-14)19(23)22-18(12-16-7-3-9-25-16)20(24)21-13-17-8-4-10-26-17/h2-3,5-7,9,11-12,17H,4,8,10,13H2,1H3,(H,21,24)(H,22,23)/b18-12-. The van der Waals surface area contributed by atoms with Gasteiger partial charge in [0, 0.05) is 24.8 Å². The molecule has 6 nitrogen and oxygen atoms in total. The summed E-state index contributed by atoms with van der Waals surface area (Å²) in [4.78, 5) is 25.1. The molecule has 0 aliphatic carbocycles. The minimum atomic E-state index is -0.377. The molecule has 1 atom stereocenters. The van der Waals surface area contributed by atoms with Crippen LogP contribution in [-0.4, -0.2) is 31.1 Å². The Kier molecular flexibility index (Phi) is 5.86. The predicted octanol–water partition coefficient (Wildman–Crippen LogP) is 2.65. The third-order valence-corrected chi connectivity index (χ3v) is 4.12. The van der Waals surface area contributed by atoms with Gasteiger partial charge in [0.1, 0.15) is 11.5 Å². The summed E-state index contributed by atoms with van der Waals surface area (Å²) < 4.78 is 10.8. The first-order valence-corrected chi connectivity index (χ1v) is 8.65. The van der Waals surface area contributed by atoms with Gasteiger partial charge in [-0.1, -0.05) is 17.7 Å². The van der Waals surface area contributed by atoms with Crippen molar-refractivity contribution in [2.45, 2.75) is 25.9 Å². The van der Waals surface area contributed by atoms with Crippen LogP contribution in [0.25, 0.3) is 6.08 Å². The number of carbonyl (C=O) groups is 2. The molecule has 1 aromatic heterocycles. The molecule has 3 rings (SSSR count). The second kappa shape index (κ2) is 8.49. The van der Waals surface area contributed by atoms with Crippen molar-refractivity contribution in [3.8, 4) is 0 Å². The molecule has 6 heteroatoms. The van der Waals surface area contributed by atoms with Crippen LogP contribution in [0.4, 0.5) is 0 Å². The van der Waals surface area contributed by atoms with Crippen LogP contribution >= 0.6 is 0 Å². The smallest absolute Gasteiger partial charge is 0.268 e. The average molecular weight is 354 g/mol. The number of benzene rings is 1. The molecule has 1 unspecified atom stereocenters. The molecule has 1 saturated heterocycles. The lowest BCUT2D eigenvalue weighted by Crippen LogP contribution is -2.38. The first-order valence-electron chi connectivity index (χ1n) is 8.65. The lowest BCUT2D eigenvalue weighted by Gasteiger charge is -2.13. The topological polar surface area (TPSA) is 80.6 Å². The highest BCUT2D eigenvalue weighted by molar-refractivity contribution is 6.05. The molecule has 1 aliphatic heterocycles. The van der Waals surface area contributed by atoms with Crippen molar-refractivity contribution < 1.29 is 18.7 Å². The third-order valence-electron chi connectivity index (χ3n) is 4.12. The van der Waals surface area contributed by atoms with E-state index < -0.39 is 0 Å². The van der Waals surface area contributed by atoms with Gasteiger partial charge in [-0.2, -0.15) is 0 Å². The normalized spacial score (nSPS) is 17.1. The average Bonchev–Trinajstić information content (AvgIpc) is 3.33. The van der Waals surface area contributed by atoms with E-state index in [1.165, 1.54) is 12.3 Å². The van der Waals surface area contributed by atoms with Crippen LogP contribution in [0.15, 0.2) is 52.8 Å². The molecular weight excluding hydrogens is 332 g/mol. The zero-order valence-corrected chi connectivity index (χ0v) is 14.7. The summed E-state index contributed by atoms with van der Waals surface area (Å²) in [5.74, 6) is -0.242. The highest BCUT2D eigenvalue weighted by Crippen LogP contribution is 2.12. The van der Waals surface area contributed by atoms with Crippen molar-refractivity contribution in [2.24, 2.45) is 0 Å². The van der Waals surface area contributed by atoms with Gasteiger partial charge < -0.3 is 19.8 Å². The van der Waals surface area contributed by atoms with Gasteiger partial charge in [0.05, 0.1) is 12.4 Å². The first kappa shape index (κ1) is 17.9. The summed E-state index contributed by atoms with van der Waals surface area (Å²) in [6.45, 7) is 3.04. The van der Waals surface area contributed by atoms with Crippen molar-refractivity contribution >= 4 is 17.9 Å². The van der Waals surface area contributed by atoms with Crippen LogP contribution in [0.1, 0.15) is 34.5 Å². The fourth-order valence-electron chi connectivity index (χ4n) is 2.76. The van der Waals surface area contributed by atoms with E-state index >= 15 is 0 Å². The van der Waals surface area contributed by atoms with Gasteiger partial charge in [-0.25, -0.2) is 0 Å². The predicted molar refractivity (Wildman–Crippen MR) is 97.3 cm³/mol. The van der Waals surface area contributed by atoms with E-state index in [0.29, 0.717) is 17.9 Å². The number of amides is 2. The number of hydrogen-bond acceptors (Lipinski definition) is 4. The van der Waals surface area contributed by atoms with Crippen molar-refractivity contribution in [2.75, 3.05) is 13.2 Å². The maximum atomic E-state index is 12.6. The summed E-state index contributed by atoms with van der Waals surface area (Å²) in [6.07, 6.45) is 4.97. The quantitative estimate of drug-likeness (QED) is 0.782.